The van der Waals surface area contributed by atoms with Crippen LogP contribution in [0.4, 0.5) is 5.69 Å². The molecule has 0 saturated heterocycles. The van der Waals surface area contributed by atoms with E-state index in [1.165, 1.54) is 0 Å². The molecule has 1 N–H and O–H groups in total. The Morgan fingerprint density at radius 2 is 1.61 bits per heavy atom. The fraction of sp³-hybridized carbons (Fsp3) is 0.0800. The zero-order valence-electron chi connectivity index (χ0n) is 17.2. The number of amides is 1. The highest BCUT2D eigenvalue weighted by atomic mass is 16.5. The second-order valence-corrected chi connectivity index (χ2v) is 6.86. The summed E-state index contributed by atoms with van der Waals surface area (Å²) in [5.41, 5.74) is 3.75. The summed E-state index contributed by atoms with van der Waals surface area (Å²) in [6.45, 7) is 1.95. The van der Waals surface area contributed by atoms with E-state index in [-0.39, 0.29) is 5.91 Å². The number of para-hydroxylation sites is 3. The van der Waals surface area contributed by atoms with Gasteiger partial charge in [-0.25, -0.2) is 0 Å². The van der Waals surface area contributed by atoms with Crippen molar-refractivity contribution in [3.8, 4) is 28.6 Å². The number of ether oxygens (including phenoxy) is 2. The topological polar surface area (TPSA) is 73.3 Å². The predicted molar refractivity (Wildman–Crippen MR) is 120 cm³/mol. The van der Waals surface area contributed by atoms with Crippen LogP contribution in [0.25, 0.3) is 11.3 Å². The SMILES string of the molecule is COc1ccccc1Oc1ccc(-c2cccc(C(=O)Nc3ccccc3C)c2)nn1. The predicted octanol–water partition coefficient (Wildman–Crippen LogP) is 5.51. The molecule has 0 radical (unpaired) electrons. The van der Waals surface area contributed by atoms with Crippen molar-refractivity contribution < 1.29 is 14.3 Å². The average Bonchev–Trinajstić information content (AvgIpc) is 2.81. The van der Waals surface area contributed by atoms with Gasteiger partial charge >= 0.3 is 0 Å². The molecule has 4 rings (SSSR count). The smallest absolute Gasteiger partial charge is 0.255 e. The van der Waals surface area contributed by atoms with E-state index < -0.39 is 0 Å². The van der Waals surface area contributed by atoms with Gasteiger partial charge in [0, 0.05) is 22.9 Å². The van der Waals surface area contributed by atoms with Gasteiger partial charge < -0.3 is 14.8 Å². The monoisotopic (exact) mass is 411 g/mol. The van der Waals surface area contributed by atoms with Crippen molar-refractivity contribution in [3.05, 3.63) is 96.1 Å². The molecule has 31 heavy (non-hydrogen) atoms. The minimum Gasteiger partial charge on any atom is -0.493 e. The zero-order valence-corrected chi connectivity index (χ0v) is 17.2. The lowest BCUT2D eigenvalue weighted by atomic mass is 10.1. The quantitative estimate of drug-likeness (QED) is 0.453. The second kappa shape index (κ2) is 9.09. The van der Waals surface area contributed by atoms with Crippen LogP contribution in [0.1, 0.15) is 15.9 Å². The zero-order chi connectivity index (χ0) is 21.6. The van der Waals surface area contributed by atoms with Gasteiger partial charge in [0.25, 0.3) is 5.91 Å². The first-order chi connectivity index (χ1) is 15.1. The molecule has 0 aliphatic rings. The van der Waals surface area contributed by atoms with Crippen LogP contribution in [0, 0.1) is 6.92 Å². The summed E-state index contributed by atoms with van der Waals surface area (Å²) in [4.78, 5) is 12.7. The van der Waals surface area contributed by atoms with Crippen LogP contribution in [0.15, 0.2) is 84.9 Å². The van der Waals surface area contributed by atoms with Gasteiger partial charge in [0.2, 0.25) is 5.88 Å². The third-order valence-electron chi connectivity index (χ3n) is 4.74. The number of benzene rings is 3. The molecule has 3 aromatic carbocycles. The Morgan fingerprint density at radius 3 is 2.35 bits per heavy atom. The highest BCUT2D eigenvalue weighted by Gasteiger charge is 2.11. The average molecular weight is 411 g/mol. The van der Waals surface area contributed by atoms with Gasteiger partial charge in [-0.3, -0.25) is 4.79 Å². The Hall–Kier alpha value is -4.19. The third kappa shape index (κ3) is 4.70. The number of rotatable bonds is 6. The van der Waals surface area contributed by atoms with E-state index in [1.54, 1.807) is 37.4 Å². The minimum absolute atomic E-state index is 0.180. The first kappa shape index (κ1) is 20.1. The minimum atomic E-state index is -0.180. The lowest BCUT2D eigenvalue weighted by molar-refractivity contribution is 0.102. The van der Waals surface area contributed by atoms with Crippen LogP contribution in [-0.2, 0) is 0 Å². The van der Waals surface area contributed by atoms with Crippen molar-refractivity contribution in [2.24, 2.45) is 0 Å². The summed E-state index contributed by atoms with van der Waals surface area (Å²) in [5, 5.41) is 11.3. The highest BCUT2D eigenvalue weighted by molar-refractivity contribution is 6.05. The molecule has 0 spiro atoms. The van der Waals surface area contributed by atoms with E-state index in [2.05, 4.69) is 15.5 Å². The molecule has 0 saturated carbocycles. The fourth-order valence-electron chi connectivity index (χ4n) is 3.07. The fourth-order valence-corrected chi connectivity index (χ4v) is 3.07. The largest absolute Gasteiger partial charge is 0.493 e. The molecule has 0 bridgehead atoms. The number of aryl methyl sites for hydroxylation is 1. The molecule has 0 atom stereocenters. The van der Waals surface area contributed by atoms with Crippen molar-refractivity contribution in [1.29, 1.82) is 0 Å². The van der Waals surface area contributed by atoms with Crippen molar-refractivity contribution in [2.45, 2.75) is 6.92 Å². The van der Waals surface area contributed by atoms with Gasteiger partial charge in [0.15, 0.2) is 11.5 Å². The molecular weight excluding hydrogens is 390 g/mol. The molecule has 0 unspecified atom stereocenters. The first-order valence-electron chi connectivity index (χ1n) is 9.76. The lowest BCUT2D eigenvalue weighted by Gasteiger charge is -2.10. The number of hydrogen-bond donors (Lipinski definition) is 1. The van der Waals surface area contributed by atoms with Crippen LogP contribution in [0.5, 0.6) is 17.4 Å². The maximum absolute atomic E-state index is 12.7. The number of nitrogens with one attached hydrogen (secondary N) is 1. The summed E-state index contributed by atoms with van der Waals surface area (Å²) < 4.78 is 11.1. The van der Waals surface area contributed by atoms with Crippen molar-refractivity contribution in [2.75, 3.05) is 12.4 Å². The number of methoxy groups -OCH3 is 1. The normalized spacial score (nSPS) is 10.4. The Bertz CT molecular complexity index is 1210. The number of carbonyl (C=O) groups is 1. The molecule has 1 heterocycles. The summed E-state index contributed by atoms with van der Waals surface area (Å²) in [6.07, 6.45) is 0. The maximum atomic E-state index is 12.7. The Kier molecular flexibility index (Phi) is 5.89. The van der Waals surface area contributed by atoms with Gasteiger partial charge in [0.1, 0.15) is 0 Å². The third-order valence-corrected chi connectivity index (χ3v) is 4.74. The van der Waals surface area contributed by atoms with E-state index in [4.69, 9.17) is 9.47 Å². The van der Waals surface area contributed by atoms with Crippen LogP contribution < -0.4 is 14.8 Å². The van der Waals surface area contributed by atoms with Crippen molar-refractivity contribution in [3.63, 3.8) is 0 Å². The first-order valence-corrected chi connectivity index (χ1v) is 9.76. The van der Waals surface area contributed by atoms with Gasteiger partial charge in [-0.2, -0.15) is 0 Å². The van der Waals surface area contributed by atoms with E-state index in [1.807, 2.05) is 61.5 Å². The van der Waals surface area contributed by atoms with Crippen LogP contribution in [0.2, 0.25) is 0 Å². The molecular formula is C25H21N3O3. The number of carbonyl (C=O) groups excluding carboxylic acids is 1. The molecule has 1 amide bonds. The summed E-state index contributed by atoms with van der Waals surface area (Å²) in [6, 6.07) is 25.8. The Balaban J connectivity index is 1.51. The van der Waals surface area contributed by atoms with Gasteiger partial charge in [-0.15, -0.1) is 10.2 Å². The van der Waals surface area contributed by atoms with Crippen LogP contribution in [0.3, 0.4) is 0 Å². The van der Waals surface area contributed by atoms with Gasteiger partial charge in [-0.1, -0.05) is 42.5 Å². The summed E-state index contributed by atoms with van der Waals surface area (Å²) in [7, 11) is 1.58. The molecule has 0 aliphatic heterocycles. The van der Waals surface area contributed by atoms with Crippen LogP contribution in [-0.4, -0.2) is 23.2 Å². The number of anilines is 1. The Labute approximate surface area is 180 Å². The number of aromatic nitrogens is 2. The molecule has 6 nitrogen and oxygen atoms in total. The highest BCUT2D eigenvalue weighted by Crippen LogP contribution is 2.30. The van der Waals surface area contributed by atoms with Gasteiger partial charge in [0.05, 0.1) is 12.8 Å². The number of hydrogen-bond acceptors (Lipinski definition) is 5. The molecule has 1 aromatic heterocycles. The standard InChI is InChI=1S/C25H21N3O3/c1-17-8-3-4-11-20(17)26-25(29)19-10-7-9-18(16-19)21-14-15-24(28-27-21)31-23-13-6-5-12-22(23)30-2/h3-16H,1-2H3,(H,26,29). The van der Waals surface area contributed by atoms with E-state index >= 15 is 0 Å². The van der Waals surface area contributed by atoms with Crippen molar-refractivity contribution in [1.82, 2.24) is 10.2 Å². The molecule has 0 aliphatic carbocycles. The Morgan fingerprint density at radius 1 is 0.839 bits per heavy atom. The van der Waals surface area contributed by atoms with Crippen molar-refractivity contribution >= 4 is 11.6 Å². The van der Waals surface area contributed by atoms with Crippen LogP contribution >= 0.6 is 0 Å². The van der Waals surface area contributed by atoms with E-state index in [0.29, 0.717) is 28.6 Å². The molecule has 4 aromatic rings. The van der Waals surface area contributed by atoms with Gasteiger partial charge in [-0.05, 0) is 48.9 Å². The van der Waals surface area contributed by atoms with E-state index in [0.717, 1.165) is 16.8 Å². The summed E-state index contributed by atoms with van der Waals surface area (Å²) in [5.74, 6) is 1.34. The second-order valence-electron chi connectivity index (χ2n) is 6.86. The maximum Gasteiger partial charge on any atom is 0.255 e. The van der Waals surface area contributed by atoms with E-state index in [9.17, 15) is 4.79 Å². The molecule has 154 valence electrons. The molecule has 0 fully saturated rings. The lowest BCUT2D eigenvalue weighted by Crippen LogP contribution is -2.12. The number of nitrogens with zero attached hydrogens (tertiary/aromatic N) is 2. The summed E-state index contributed by atoms with van der Waals surface area (Å²) >= 11 is 0. The molecule has 6 heteroatoms.